The van der Waals surface area contributed by atoms with Gasteiger partial charge >= 0.3 is 5.97 Å². The van der Waals surface area contributed by atoms with Crippen LogP contribution in [0.4, 0.5) is 0 Å². The van der Waals surface area contributed by atoms with Gasteiger partial charge in [0.2, 0.25) is 0 Å². The van der Waals surface area contributed by atoms with Crippen molar-refractivity contribution in [2.45, 2.75) is 57.7 Å². The summed E-state index contributed by atoms with van der Waals surface area (Å²) in [6.07, 6.45) is 7.69. The summed E-state index contributed by atoms with van der Waals surface area (Å²) < 4.78 is 6.56. The average Bonchev–Trinajstić information content (AvgIpc) is 2.99. The zero-order chi connectivity index (χ0) is 27.9. The minimum Gasteiger partial charge on any atom is -0.479 e. The van der Waals surface area contributed by atoms with Crippen molar-refractivity contribution in [1.29, 1.82) is 0 Å². The lowest BCUT2D eigenvalue weighted by Gasteiger charge is -2.40. The summed E-state index contributed by atoms with van der Waals surface area (Å²) in [5.41, 5.74) is 4.04. The Morgan fingerprint density at radius 2 is 1.41 bits per heavy atom. The molecule has 0 radical (unpaired) electrons. The van der Waals surface area contributed by atoms with Crippen LogP contribution in [0.3, 0.4) is 0 Å². The molecule has 1 saturated carbocycles. The molecule has 5 heteroatoms. The first-order chi connectivity index (χ1) is 19.0. The Morgan fingerprint density at radius 1 is 0.897 bits per heavy atom. The van der Waals surface area contributed by atoms with Gasteiger partial charge < -0.3 is 20.3 Å². The van der Waals surface area contributed by atoms with Gasteiger partial charge in [0.1, 0.15) is 5.60 Å². The van der Waals surface area contributed by atoms with Gasteiger partial charge in [0.25, 0.3) is 0 Å². The molecule has 0 aromatic heterocycles. The van der Waals surface area contributed by atoms with E-state index in [9.17, 15) is 4.79 Å². The van der Waals surface area contributed by atoms with E-state index in [0.717, 1.165) is 13.1 Å². The highest BCUT2D eigenvalue weighted by Gasteiger charge is 2.40. The summed E-state index contributed by atoms with van der Waals surface area (Å²) in [7, 11) is 0. The predicted molar refractivity (Wildman–Crippen MR) is 158 cm³/mol. The number of nitrogens with one attached hydrogen (secondary N) is 1. The van der Waals surface area contributed by atoms with E-state index in [4.69, 9.17) is 14.9 Å². The molecule has 2 atom stereocenters. The van der Waals surface area contributed by atoms with Crippen molar-refractivity contribution in [2.24, 2.45) is 5.92 Å². The molecule has 3 aromatic rings. The Labute approximate surface area is 233 Å². The third kappa shape index (κ3) is 8.62. The van der Waals surface area contributed by atoms with E-state index in [2.05, 4.69) is 85.9 Å². The van der Waals surface area contributed by atoms with E-state index >= 15 is 0 Å². The Balaban J connectivity index is 0.000000320. The third-order valence-corrected chi connectivity index (χ3v) is 7.30. The molecule has 0 spiro atoms. The van der Waals surface area contributed by atoms with E-state index in [1.165, 1.54) is 43.2 Å². The fourth-order valence-electron chi connectivity index (χ4n) is 5.29. The first-order valence-electron chi connectivity index (χ1n) is 14.1. The van der Waals surface area contributed by atoms with Gasteiger partial charge in [-0.3, -0.25) is 0 Å². The smallest absolute Gasteiger partial charge is 0.337 e. The predicted octanol–water partition coefficient (Wildman–Crippen LogP) is 6.89. The number of carboxylic acids is 1. The molecule has 0 bridgehead atoms. The summed E-state index contributed by atoms with van der Waals surface area (Å²) in [5.74, 6) is -0.932. The van der Waals surface area contributed by atoms with Crippen molar-refractivity contribution < 1.29 is 19.7 Å². The summed E-state index contributed by atoms with van der Waals surface area (Å²) in [4.78, 5) is 10.2. The van der Waals surface area contributed by atoms with E-state index in [0.29, 0.717) is 18.1 Å². The standard InChI is InChI=1S/C26H35NO.C8H8O3/c1-3-28-26(24-15-9-5-10-16-24,25-17-11-6-12-18-25)22(2)21-27-20-19-23-13-7-4-8-14-23;9-7(8(10)11)6-4-2-1-3-5-6/h5-6,9-12,15-19,22,27H,3-4,7-8,13-14,20-21H2,1-2H3;1-5,7,9H,(H,10,11). The third-order valence-electron chi connectivity index (χ3n) is 7.30. The van der Waals surface area contributed by atoms with Gasteiger partial charge in [-0.1, -0.05) is 116 Å². The second-order valence-corrected chi connectivity index (χ2v) is 10.0. The molecule has 208 valence electrons. The van der Waals surface area contributed by atoms with Crippen LogP contribution in [0.2, 0.25) is 0 Å². The van der Waals surface area contributed by atoms with E-state index < -0.39 is 17.7 Å². The minimum atomic E-state index is -1.41. The summed E-state index contributed by atoms with van der Waals surface area (Å²) in [5, 5.41) is 21.1. The number of aliphatic hydroxyl groups is 1. The van der Waals surface area contributed by atoms with E-state index in [1.54, 1.807) is 35.9 Å². The normalized spacial score (nSPS) is 15.0. The molecule has 3 N–H and O–H groups in total. The first-order valence-corrected chi connectivity index (χ1v) is 14.1. The van der Waals surface area contributed by atoms with Crippen LogP contribution in [0.15, 0.2) is 103 Å². The molecule has 0 heterocycles. The van der Waals surface area contributed by atoms with Gasteiger partial charge in [-0.05, 0) is 49.3 Å². The van der Waals surface area contributed by atoms with Gasteiger partial charge in [0, 0.05) is 25.6 Å². The largest absolute Gasteiger partial charge is 0.479 e. The van der Waals surface area contributed by atoms with E-state index in [1.807, 2.05) is 0 Å². The molecular formula is C34H43NO4. The minimum absolute atomic E-state index is 0.294. The Hall–Kier alpha value is -3.25. The van der Waals surface area contributed by atoms with Crippen molar-refractivity contribution in [3.63, 3.8) is 0 Å². The summed E-state index contributed by atoms with van der Waals surface area (Å²) >= 11 is 0. The Kier molecular flexibility index (Phi) is 12.4. The molecule has 0 aliphatic heterocycles. The van der Waals surface area contributed by atoms with Crippen LogP contribution >= 0.6 is 0 Å². The van der Waals surface area contributed by atoms with Crippen molar-refractivity contribution in [2.75, 3.05) is 19.7 Å². The quantitative estimate of drug-likeness (QED) is 0.186. The molecule has 1 aliphatic carbocycles. The molecule has 4 rings (SSSR count). The van der Waals surface area contributed by atoms with Crippen LogP contribution < -0.4 is 5.32 Å². The average molecular weight is 530 g/mol. The number of rotatable bonds is 11. The molecule has 3 aromatic carbocycles. The molecule has 5 nitrogen and oxygen atoms in total. The monoisotopic (exact) mass is 529 g/mol. The number of aliphatic hydroxyl groups excluding tert-OH is 1. The molecule has 1 aliphatic rings. The number of carbonyl (C=O) groups is 1. The molecule has 0 saturated heterocycles. The number of ether oxygens (including phenoxy) is 1. The molecule has 39 heavy (non-hydrogen) atoms. The lowest BCUT2D eigenvalue weighted by Crippen LogP contribution is -2.43. The van der Waals surface area contributed by atoms with Crippen molar-refractivity contribution in [1.82, 2.24) is 5.32 Å². The van der Waals surface area contributed by atoms with Gasteiger partial charge in [0.05, 0.1) is 0 Å². The van der Waals surface area contributed by atoms with Gasteiger partial charge in [0.15, 0.2) is 6.10 Å². The maximum absolute atomic E-state index is 10.2. The van der Waals surface area contributed by atoms with Crippen LogP contribution in [-0.4, -0.2) is 35.9 Å². The fourth-order valence-corrected chi connectivity index (χ4v) is 5.29. The van der Waals surface area contributed by atoms with E-state index in [-0.39, 0.29) is 0 Å². The highest BCUT2D eigenvalue weighted by molar-refractivity contribution is 5.73. The lowest BCUT2D eigenvalue weighted by atomic mass is 9.76. The van der Waals surface area contributed by atoms with Crippen LogP contribution in [0, 0.1) is 5.92 Å². The maximum Gasteiger partial charge on any atom is 0.337 e. The maximum atomic E-state index is 10.2. The number of allylic oxidation sites excluding steroid dienone is 1. The van der Waals surface area contributed by atoms with Crippen molar-refractivity contribution in [3.05, 3.63) is 119 Å². The SMILES string of the molecule is CCOC(c1ccccc1)(c1ccccc1)C(C)CNCC=C1CCCCC1.O=C(O)C(O)c1ccccc1. The number of carboxylic acid groups (broad SMARTS) is 1. The van der Waals surface area contributed by atoms with Crippen LogP contribution in [0.5, 0.6) is 0 Å². The van der Waals surface area contributed by atoms with Gasteiger partial charge in [-0.15, -0.1) is 0 Å². The van der Waals surface area contributed by atoms with Crippen LogP contribution in [-0.2, 0) is 15.1 Å². The van der Waals surface area contributed by atoms with Gasteiger partial charge in [-0.25, -0.2) is 4.79 Å². The molecule has 1 fully saturated rings. The Morgan fingerprint density at radius 3 is 1.90 bits per heavy atom. The second-order valence-electron chi connectivity index (χ2n) is 10.0. The fraction of sp³-hybridized carbons (Fsp3) is 0.382. The number of hydrogen-bond acceptors (Lipinski definition) is 4. The summed E-state index contributed by atoms with van der Waals surface area (Å²) in [6.45, 7) is 6.93. The Bertz CT molecular complexity index is 1080. The lowest BCUT2D eigenvalue weighted by molar-refractivity contribution is -0.146. The first kappa shape index (κ1) is 30.3. The highest BCUT2D eigenvalue weighted by atomic mass is 16.5. The molecule has 2 unspecified atom stereocenters. The molecule has 0 amide bonds. The van der Waals surface area contributed by atoms with Gasteiger partial charge in [-0.2, -0.15) is 0 Å². The van der Waals surface area contributed by atoms with Crippen molar-refractivity contribution in [3.8, 4) is 0 Å². The summed E-state index contributed by atoms with van der Waals surface area (Å²) in [6, 6.07) is 29.6. The number of benzene rings is 3. The number of aliphatic carboxylic acids is 1. The van der Waals surface area contributed by atoms with Crippen LogP contribution in [0.25, 0.3) is 0 Å². The van der Waals surface area contributed by atoms with Crippen LogP contribution in [0.1, 0.15) is 68.7 Å². The van der Waals surface area contributed by atoms with Crippen molar-refractivity contribution >= 4 is 5.97 Å². The highest BCUT2D eigenvalue weighted by Crippen LogP contribution is 2.40. The molecular weight excluding hydrogens is 486 g/mol. The zero-order valence-corrected chi connectivity index (χ0v) is 23.3. The zero-order valence-electron chi connectivity index (χ0n) is 23.3. The topological polar surface area (TPSA) is 78.8 Å². The number of hydrogen-bond donors (Lipinski definition) is 3. The second kappa shape index (κ2) is 16.0.